The summed E-state index contributed by atoms with van der Waals surface area (Å²) in [7, 11) is 0. The number of aryl methyl sites for hydroxylation is 1. The average Bonchev–Trinajstić information content (AvgIpc) is 3.21. The molecule has 1 aromatic carbocycles. The Bertz CT molecular complexity index is 643. The van der Waals surface area contributed by atoms with Gasteiger partial charge in [0.1, 0.15) is 0 Å². The van der Waals surface area contributed by atoms with Gasteiger partial charge in [-0.1, -0.05) is 24.3 Å². The van der Waals surface area contributed by atoms with Crippen molar-refractivity contribution in [2.75, 3.05) is 32.7 Å². The van der Waals surface area contributed by atoms with Gasteiger partial charge >= 0.3 is 0 Å². The zero-order valence-corrected chi connectivity index (χ0v) is 16.3. The van der Waals surface area contributed by atoms with Crippen LogP contribution >= 0.6 is 0 Å². The summed E-state index contributed by atoms with van der Waals surface area (Å²) in [6, 6.07) is 8.10. The minimum atomic E-state index is -0.0167. The number of hydrogen-bond acceptors (Lipinski definition) is 4. The molecule has 2 amide bonds. The quantitative estimate of drug-likeness (QED) is 0.672. The first-order valence-corrected chi connectivity index (χ1v) is 10.2. The van der Waals surface area contributed by atoms with Crippen molar-refractivity contribution < 1.29 is 9.59 Å². The Morgan fingerprint density at radius 3 is 2.81 bits per heavy atom. The van der Waals surface area contributed by atoms with Gasteiger partial charge in [-0.3, -0.25) is 14.5 Å². The first-order chi connectivity index (χ1) is 13.1. The summed E-state index contributed by atoms with van der Waals surface area (Å²) in [4.78, 5) is 26.7. The van der Waals surface area contributed by atoms with E-state index >= 15 is 0 Å². The normalized spacial score (nSPS) is 23.1. The zero-order valence-electron chi connectivity index (χ0n) is 16.3. The van der Waals surface area contributed by atoms with Crippen LogP contribution in [0.25, 0.3) is 0 Å². The van der Waals surface area contributed by atoms with Crippen LogP contribution in [0.5, 0.6) is 0 Å². The Morgan fingerprint density at radius 1 is 1.19 bits per heavy atom. The minimum Gasteiger partial charge on any atom is -0.354 e. The number of likely N-dealkylation sites (tertiary alicyclic amines) is 1. The van der Waals surface area contributed by atoms with Gasteiger partial charge in [0.25, 0.3) is 0 Å². The molecule has 2 fully saturated rings. The Balaban J connectivity index is 1.38. The van der Waals surface area contributed by atoms with Crippen LogP contribution in [0, 0.1) is 12.8 Å². The van der Waals surface area contributed by atoms with Crippen LogP contribution in [0.2, 0.25) is 0 Å². The highest BCUT2D eigenvalue weighted by molar-refractivity contribution is 5.82. The van der Waals surface area contributed by atoms with Crippen LogP contribution in [0.1, 0.15) is 36.8 Å². The molecule has 2 unspecified atom stereocenters. The smallest absolute Gasteiger partial charge is 0.237 e. The lowest BCUT2D eigenvalue weighted by atomic mass is 9.98. The van der Waals surface area contributed by atoms with Crippen LogP contribution in [-0.4, -0.2) is 55.5 Å². The molecule has 2 saturated heterocycles. The van der Waals surface area contributed by atoms with E-state index in [1.54, 1.807) is 0 Å². The van der Waals surface area contributed by atoms with E-state index in [0.717, 1.165) is 50.9 Å². The third kappa shape index (κ3) is 6.04. The molecule has 2 atom stereocenters. The van der Waals surface area contributed by atoms with Crippen LogP contribution in [0.15, 0.2) is 24.3 Å². The zero-order chi connectivity index (χ0) is 19.1. The van der Waals surface area contributed by atoms with Gasteiger partial charge in [0.05, 0.1) is 12.6 Å². The second kappa shape index (κ2) is 9.85. The highest BCUT2D eigenvalue weighted by Gasteiger charge is 2.25. The third-order valence-electron chi connectivity index (χ3n) is 5.65. The Morgan fingerprint density at radius 2 is 2.04 bits per heavy atom. The fourth-order valence-electron chi connectivity index (χ4n) is 4.00. The molecule has 3 N–H and O–H groups in total. The van der Waals surface area contributed by atoms with Crippen LogP contribution in [0.3, 0.4) is 0 Å². The van der Waals surface area contributed by atoms with Crippen molar-refractivity contribution in [1.82, 2.24) is 20.9 Å². The highest BCUT2D eigenvalue weighted by Crippen LogP contribution is 2.16. The molecule has 2 heterocycles. The summed E-state index contributed by atoms with van der Waals surface area (Å²) >= 11 is 0. The average molecular weight is 373 g/mol. The monoisotopic (exact) mass is 372 g/mol. The fourth-order valence-corrected chi connectivity index (χ4v) is 4.00. The summed E-state index contributed by atoms with van der Waals surface area (Å²) in [6.07, 6.45) is 4.20. The van der Waals surface area contributed by atoms with Crippen molar-refractivity contribution in [3.05, 3.63) is 35.4 Å². The van der Waals surface area contributed by atoms with Crippen molar-refractivity contribution in [1.29, 1.82) is 0 Å². The van der Waals surface area contributed by atoms with Gasteiger partial charge in [-0.05, 0) is 62.7 Å². The summed E-state index contributed by atoms with van der Waals surface area (Å²) in [6.45, 7) is 6.54. The molecule has 148 valence electrons. The van der Waals surface area contributed by atoms with Gasteiger partial charge in [0.15, 0.2) is 0 Å². The van der Waals surface area contributed by atoms with Crippen LogP contribution in [0.4, 0.5) is 0 Å². The van der Waals surface area contributed by atoms with Gasteiger partial charge < -0.3 is 16.0 Å². The molecule has 0 radical (unpaired) electrons. The van der Waals surface area contributed by atoms with Gasteiger partial charge in [-0.2, -0.15) is 0 Å². The molecular formula is C21H32N4O2. The molecule has 0 bridgehead atoms. The van der Waals surface area contributed by atoms with E-state index in [-0.39, 0.29) is 17.9 Å². The van der Waals surface area contributed by atoms with E-state index in [4.69, 9.17) is 0 Å². The van der Waals surface area contributed by atoms with Crippen molar-refractivity contribution in [2.45, 2.75) is 45.2 Å². The molecule has 1 aromatic rings. The Labute approximate surface area is 162 Å². The molecule has 2 aliphatic rings. The van der Waals surface area contributed by atoms with Gasteiger partial charge in [-0.15, -0.1) is 0 Å². The summed E-state index contributed by atoms with van der Waals surface area (Å²) < 4.78 is 0. The summed E-state index contributed by atoms with van der Waals surface area (Å²) in [5.41, 5.74) is 2.36. The molecule has 0 aromatic heterocycles. The van der Waals surface area contributed by atoms with E-state index in [9.17, 15) is 9.59 Å². The van der Waals surface area contributed by atoms with E-state index in [2.05, 4.69) is 39.9 Å². The summed E-state index contributed by atoms with van der Waals surface area (Å²) in [5.74, 6) is 0.618. The molecule has 0 aliphatic carbocycles. The lowest BCUT2D eigenvalue weighted by Crippen LogP contribution is -2.47. The van der Waals surface area contributed by atoms with E-state index in [1.165, 1.54) is 5.56 Å². The maximum atomic E-state index is 12.3. The number of amides is 2. The minimum absolute atomic E-state index is 0.0167. The van der Waals surface area contributed by atoms with Crippen LogP contribution < -0.4 is 16.0 Å². The lowest BCUT2D eigenvalue weighted by molar-refractivity contribution is -0.124. The predicted octanol–water partition coefficient (Wildman–Crippen LogP) is 1.19. The second-order valence-electron chi connectivity index (χ2n) is 7.84. The number of nitrogens with zero attached hydrogens (tertiary/aromatic N) is 1. The van der Waals surface area contributed by atoms with E-state index < -0.39 is 0 Å². The fraction of sp³-hybridized carbons (Fsp3) is 0.619. The molecule has 27 heavy (non-hydrogen) atoms. The Hall–Kier alpha value is -1.92. The largest absolute Gasteiger partial charge is 0.354 e. The SMILES string of the molecule is Cc1ccccc1CNC(=O)CN1CCCC(CNC(=O)C2CCCN2)C1. The maximum Gasteiger partial charge on any atom is 0.237 e. The summed E-state index contributed by atoms with van der Waals surface area (Å²) in [5, 5.41) is 9.36. The van der Waals surface area contributed by atoms with E-state index in [1.807, 2.05) is 12.1 Å². The Kier molecular flexibility index (Phi) is 7.24. The number of nitrogens with one attached hydrogen (secondary N) is 3. The third-order valence-corrected chi connectivity index (χ3v) is 5.65. The number of hydrogen-bond donors (Lipinski definition) is 3. The molecule has 3 rings (SSSR count). The number of rotatable bonds is 7. The standard InChI is InChI=1S/C21H32N4O2/c1-16-6-2-3-8-18(16)13-23-20(26)15-25-11-5-7-17(14-25)12-24-21(27)19-9-4-10-22-19/h2-3,6,8,17,19,22H,4-5,7,9-15H2,1H3,(H,23,26)(H,24,27). The molecule has 6 nitrogen and oxygen atoms in total. The van der Waals surface area contributed by atoms with Crippen LogP contribution in [-0.2, 0) is 16.1 Å². The van der Waals surface area contributed by atoms with Gasteiger partial charge in [0, 0.05) is 19.6 Å². The first-order valence-electron chi connectivity index (χ1n) is 10.2. The number of benzene rings is 1. The first kappa shape index (κ1) is 19.8. The topological polar surface area (TPSA) is 73.5 Å². The van der Waals surface area contributed by atoms with E-state index in [0.29, 0.717) is 25.6 Å². The molecular weight excluding hydrogens is 340 g/mol. The molecule has 0 saturated carbocycles. The van der Waals surface area contributed by atoms with Crippen molar-refractivity contribution in [3.8, 4) is 0 Å². The molecule has 2 aliphatic heterocycles. The maximum absolute atomic E-state index is 12.3. The predicted molar refractivity (Wildman–Crippen MR) is 106 cm³/mol. The lowest BCUT2D eigenvalue weighted by Gasteiger charge is -2.32. The highest BCUT2D eigenvalue weighted by atomic mass is 16.2. The number of piperidine rings is 1. The van der Waals surface area contributed by atoms with Gasteiger partial charge in [-0.25, -0.2) is 0 Å². The van der Waals surface area contributed by atoms with Crippen molar-refractivity contribution in [2.24, 2.45) is 5.92 Å². The van der Waals surface area contributed by atoms with Crippen molar-refractivity contribution >= 4 is 11.8 Å². The molecule has 6 heteroatoms. The number of carbonyl (C=O) groups is 2. The van der Waals surface area contributed by atoms with Crippen molar-refractivity contribution in [3.63, 3.8) is 0 Å². The molecule has 0 spiro atoms. The van der Waals surface area contributed by atoms with Gasteiger partial charge in [0.2, 0.25) is 11.8 Å². The number of carbonyl (C=O) groups excluding carboxylic acids is 2. The second-order valence-corrected chi connectivity index (χ2v) is 7.84.